The molecule has 1 aliphatic rings. The van der Waals surface area contributed by atoms with Gasteiger partial charge in [0.05, 0.1) is 5.92 Å². The Morgan fingerprint density at radius 2 is 2.10 bits per heavy atom. The third-order valence-electron chi connectivity index (χ3n) is 3.20. The zero-order chi connectivity index (χ0) is 14.9. The zero-order valence-electron chi connectivity index (χ0n) is 11.1. The smallest absolute Gasteiger partial charge is 0.205 e. The second-order valence-electron chi connectivity index (χ2n) is 4.47. The summed E-state index contributed by atoms with van der Waals surface area (Å²) in [6.45, 7) is 3.09. The molecular formula is C15H13ClN2O2. The number of allylic oxidation sites excluding steroid dienone is 3. The van der Waals surface area contributed by atoms with E-state index < -0.39 is 5.92 Å². The van der Waals surface area contributed by atoms with Gasteiger partial charge in [-0.3, -0.25) is 4.79 Å². The number of nitriles is 1. The van der Waals surface area contributed by atoms with E-state index in [1.807, 2.05) is 6.07 Å². The average Bonchev–Trinajstić information content (AvgIpc) is 2.38. The highest BCUT2D eigenvalue weighted by Gasteiger charge is 2.34. The molecule has 2 N–H and O–H groups in total. The molecule has 0 fully saturated rings. The van der Waals surface area contributed by atoms with Crippen LogP contribution in [0.3, 0.4) is 0 Å². The molecule has 0 aliphatic carbocycles. The van der Waals surface area contributed by atoms with Crippen molar-refractivity contribution < 1.29 is 9.53 Å². The molecule has 0 saturated heterocycles. The maximum absolute atomic E-state index is 11.9. The quantitative estimate of drug-likeness (QED) is 0.907. The minimum absolute atomic E-state index is 0.0138. The van der Waals surface area contributed by atoms with E-state index in [0.717, 1.165) is 0 Å². The zero-order valence-corrected chi connectivity index (χ0v) is 11.9. The number of hydrogen-bond donors (Lipinski definition) is 1. The van der Waals surface area contributed by atoms with Crippen LogP contribution in [0.1, 0.15) is 25.3 Å². The highest BCUT2D eigenvalue weighted by atomic mass is 35.5. The van der Waals surface area contributed by atoms with Crippen molar-refractivity contribution in [2.75, 3.05) is 0 Å². The summed E-state index contributed by atoms with van der Waals surface area (Å²) in [6.07, 6.45) is 0. The number of ketones is 1. The summed E-state index contributed by atoms with van der Waals surface area (Å²) < 4.78 is 5.31. The fourth-order valence-electron chi connectivity index (χ4n) is 2.36. The van der Waals surface area contributed by atoms with Gasteiger partial charge in [-0.15, -0.1) is 0 Å². The predicted molar refractivity (Wildman–Crippen MR) is 75.5 cm³/mol. The highest BCUT2D eigenvalue weighted by molar-refractivity contribution is 6.31. The second-order valence-corrected chi connectivity index (χ2v) is 4.88. The third kappa shape index (κ3) is 2.28. The lowest BCUT2D eigenvalue weighted by atomic mass is 9.81. The van der Waals surface area contributed by atoms with E-state index in [-0.39, 0.29) is 17.2 Å². The predicted octanol–water partition coefficient (Wildman–Crippen LogP) is 3.01. The Bertz CT molecular complexity index is 683. The molecule has 1 atom stereocenters. The molecule has 4 nitrogen and oxygen atoms in total. The Kier molecular flexibility index (Phi) is 3.82. The molecule has 0 amide bonds. The molecule has 5 heteroatoms. The summed E-state index contributed by atoms with van der Waals surface area (Å²) in [6, 6.07) is 9.10. The van der Waals surface area contributed by atoms with Crippen LogP contribution in [0.5, 0.6) is 0 Å². The number of rotatable bonds is 2. The van der Waals surface area contributed by atoms with E-state index in [4.69, 9.17) is 22.1 Å². The number of carbonyl (C=O) groups is 1. The third-order valence-corrected chi connectivity index (χ3v) is 3.55. The van der Waals surface area contributed by atoms with Crippen molar-refractivity contribution in [1.82, 2.24) is 0 Å². The van der Waals surface area contributed by atoms with Crippen molar-refractivity contribution in [2.45, 2.75) is 19.8 Å². The van der Waals surface area contributed by atoms with Gasteiger partial charge in [0, 0.05) is 10.6 Å². The molecule has 1 aliphatic heterocycles. The van der Waals surface area contributed by atoms with Gasteiger partial charge in [0.25, 0.3) is 0 Å². The fraction of sp³-hybridized carbons (Fsp3) is 0.200. The number of benzene rings is 1. The number of carbonyl (C=O) groups excluding carboxylic acids is 1. The molecule has 0 radical (unpaired) electrons. The topological polar surface area (TPSA) is 76.1 Å². The molecule has 0 unspecified atom stereocenters. The molecule has 2 rings (SSSR count). The lowest BCUT2D eigenvalue weighted by Crippen LogP contribution is -2.23. The molecule has 20 heavy (non-hydrogen) atoms. The Morgan fingerprint density at radius 3 is 2.65 bits per heavy atom. The van der Waals surface area contributed by atoms with Gasteiger partial charge < -0.3 is 10.5 Å². The minimum atomic E-state index is -0.583. The van der Waals surface area contributed by atoms with Gasteiger partial charge in [-0.1, -0.05) is 29.8 Å². The summed E-state index contributed by atoms with van der Waals surface area (Å²) in [7, 11) is 0. The summed E-state index contributed by atoms with van der Waals surface area (Å²) in [5, 5.41) is 9.80. The Balaban J connectivity index is 2.71. The molecule has 0 saturated carbocycles. The van der Waals surface area contributed by atoms with Crippen LogP contribution in [0, 0.1) is 11.3 Å². The van der Waals surface area contributed by atoms with Crippen LogP contribution >= 0.6 is 11.6 Å². The molecule has 0 bridgehead atoms. The number of ether oxygens (including phenoxy) is 1. The van der Waals surface area contributed by atoms with Gasteiger partial charge in [-0.05, 0) is 25.5 Å². The first-order valence-corrected chi connectivity index (χ1v) is 6.38. The van der Waals surface area contributed by atoms with Crippen LogP contribution in [0.2, 0.25) is 5.02 Å². The van der Waals surface area contributed by atoms with Gasteiger partial charge in [0.1, 0.15) is 17.4 Å². The molecular weight excluding hydrogens is 276 g/mol. The largest absolute Gasteiger partial charge is 0.445 e. The SMILES string of the molecule is CC(=O)C1=C(C)OC(N)=C(C#N)[C@@H]1c1ccccc1Cl. The summed E-state index contributed by atoms with van der Waals surface area (Å²) in [5.41, 5.74) is 7.04. The summed E-state index contributed by atoms with van der Waals surface area (Å²) in [4.78, 5) is 11.9. The molecule has 102 valence electrons. The van der Waals surface area contributed by atoms with Crippen molar-refractivity contribution in [2.24, 2.45) is 5.73 Å². The maximum Gasteiger partial charge on any atom is 0.205 e. The molecule has 1 aromatic carbocycles. The Morgan fingerprint density at radius 1 is 1.45 bits per heavy atom. The molecule has 0 spiro atoms. The van der Waals surface area contributed by atoms with Crippen molar-refractivity contribution in [3.63, 3.8) is 0 Å². The number of nitrogens with zero attached hydrogens (tertiary/aromatic N) is 1. The fourth-order valence-corrected chi connectivity index (χ4v) is 2.60. The van der Waals surface area contributed by atoms with E-state index in [1.54, 1.807) is 31.2 Å². The van der Waals surface area contributed by atoms with Crippen LogP contribution in [0.4, 0.5) is 0 Å². The van der Waals surface area contributed by atoms with E-state index in [9.17, 15) is 10.1 Å². The van der Waals surface area contributed by atoms with Crippen LogP contribution in [-0.4, -0.2) is 5.78 Å². The molecule has 1 aromatic rings. The monoisotopic (exact) mass is 288 g/mol. The second kappa shape index (κ2) is 5.40. The lowest BCUT2D eigenvalue weighted by molar-refractivity contribution is -0.114. The minimum Gasteiger partial charge on any atom is -0.445 e. The maximum atomic E-state index is 11.9. The van der Waals surface area contributed by atoms with Gasteiger partial charge in [0.15, 0.2) is 5.78 Å². The van der Waals surface area contributed by atoms with Gasteiger partial charge in [-0.25, -0.2) is 0 Å². The van der Waals surface area contributed by atoms with Crippen LogP contribution < -0.4 is 5.73 Å². The Labute approximate surface area is 122 Å². The van der Waals surface area contributed by atoms with E-state index in [1.165, 1.54) is 6.92 Å². The van der Waals surface area contributed by atoms with E-state index in [0.29, 0.717) is 21.9 Å². The standard InChI is InChI=1S/C15H13ClN2O2/c1-8(19)13-9(2)20-15(18)11(7-17)14(13)10-5-3-4-6-12(10)16/h3-6,14H,18H2,1-2H3/t14-/m0/s1. The van der Waals surface area contributed by atoms with Crippen LogP contribution in [0.25, 0.3) is 0 Å². The van der Waals surface area contributed by atoms with Crippen LogP contribution in [-0.2, 0) is 9.53 Å². The number of nitrogens with two attached hydrogens (primary N) is 1. The van der Waals surface area contributed by atoms with Crippen molar-refractivity contribution >= 4 is 17.4 Å². The van der Waals surface area contributed by atoms with Gasteiger partial charge in [-0.2, -0.15) is 5.26 Å². The first-order chi connectivity index (χ1) is 9.47. The first kappa shape index (κ1) is 14.2. The summed E-state index contributed by atoms with van der Waals surface area (Å²) >= 11 is 6.20. The van der Waals surface area contributed by atoms with Crippen molar-refractivity contribution in [3.05, 3.63) is 57.6 Å². The highest BCUT2D eigenvalue weighted by Crippen LogP contribution is 2.41. The average molecular weight is 289 g/mol. The molecule has 0 aromatic heterocycles. The number of halogens is 1. The lowest BCUT2D eigenvalue weighted by Gasteiger charge is -2.27. The van der Waals surface area contributed by atoms with Crippen molar-refractivity contribution in [1.29, 1.82) is 5.26 Å². The number of Topliss-reactive ketones (excluding diaryl/α,β-unsaturated/α-hetero) is 1. The van der Waals surface area contributed by atoms with E-state index >= 15 is 0 Å². The Hall–Kier alpha value is -2.25. The number of hydrogen-bond acceptors (Lipinski definition) is 4. The van der Waals surface area contributed by atoms with E-state index in [2.05, 4.69) is 0 Å². The van der Waals surface area contributed by atoms with Crippen molar-refractivity contribution in [3.8, 4) is 6.07 Å². The van der Waals surface area contributed by atoms with Gasteiger partial charge >= 0.3 is 0 Å². The first-order valence-electron chi connectivity index (χ1n) is 6.01. The van der Waals surface area contributed by atoms with Crippen LogP contribution in [0.15, 0.2) is 47.1 Å². The van der Waals surface area contributed by atoms with Gasteiger partial charge in [0.2, 0.25) is 5.88 Å². The molecule has 1 heterocycles. The summed E-state index contributed by atoms with van der Waals surface area (Å²) in [5.74, 6) is -0.341. The normalized spacial score (nSPS) is 18.6.